The van der Waals surface area contributed by atoms with Gasteiger partial charge < -0.3 is 10.4 Å². The summed E-state index contributed by atoms with van der Waals surface area (Å²) in [5.74, 6) is -3.44. The summed E-state index contributed by atoms with van der Waals surface area (Å²) in [6.07, 6.45) is 0.874. The van der Waals surface area contributed by atoms with Crippen LogP contribution in [0.1, 0.15) is 0 Å². The quantitative estimate of drug-likeness (QED) is 0.600. The lowest BCUT2D eigenvalue weighted by atomic mass is 10.2. The number of nitrogens with zero attached hydrogens (tertiary/aromatic N) is 1. The summed E-state index contributed by atoms with van der Waals surface area (Å²) in [5.41, 5.74) is -0.891. The highest BCUT2D eigenvalue weighted by atomic mass is 32.2. The van der Waals surface area contributed by atoms with Gasteiger partial charge in [0, 0.05) is 12.3 Å². The average Bonchev–Trinajstić information content (AvgIpc) is 2.35. The van der Waals surface area contributed by atoms with Crippen LogP contribution in [0, 0.1) is 10.1 Å². The lowest BCUT2D eigenvalue weighted by molar-refractivity contribution is -0.384. The van der Waals surface area contributed by atoms with Crippen LogP contribution in [0.15, 0.2) is 23.1 Å². The zero-order valence-corrected chi connectivity index (χ0v) is 11.2. The van der Waals surface area contributed by atoms with Gasteiger partial charge in [0.2, 0.25) is 0 Å². The number of rotatable bonds is 6. The molecular formula is C10H12F2N2O5S. The molecule has 0 bridgehead atoms. The predicted octanol–water partition coefficient (Wildman–Crippen LogP) is 1.04. The first kappa shape index (κ1) is 16.2. The van der Waals surface area contributed by atoms with E-state index in [9.17, 15) is 27.3 Å². The van der Waals surface area contributed by atoms with Crippen LogP contribution >= 0.6 is 0 Å². The van der Waals surface area contributed by atoms with E-state index < -0.39 is 39.5 Å². The third kappa shape index (κ3) is 4.10. The Hall–Kier alpha value is -1.81. The van der Waals surface area contributed by atoms with Gasteiger partial charge in [-0.25, -0.2) is 17.2 Å². The van der Waals surface area contributed by atoms with Crippen LogP contribution in [0.2, 0.25) is 0 Å². The minimum absolute atomic E-state index is 0.254. The summed E-state index contributed by atoms with van der Waals surface area (Å²) in [4.78, 5) is 9.66. The summed E-state index contributed by atoms with van der Waals surface area (Å²) in [6.45, 7) is -2.42. The first-order valence-electron chi connectivity index (χ1n) is 5.28. The maximum absolute atomic E-state index is 12.9. The molecule has 112 valence electrons. The Labute approximate surface area is 113 Å². The molecule has 1 aromatic carbocycles. The third-order valence-electron chi connectivity index (χ3n) is 2.36. The molecule has 20 heavy (non-hydrogen) atoms. The maximum atomic E-state index is 12.9. The van der Waals surface area contributed by atoms with Gasteiger partial charge in [-0.05, 0) is 12.1 Å². The Morgan fingerprint density at radius 2 is 2.05 bits per heavy atom. The number of nitro groups is 1. The molecule has 7 nitrogen and oxygen atoms in total. The highest BCUT2D eigenvalue weighted by molar-refractivity contribution is 7.90. The minimum Gasteiger partial charge on any atom is -0.390 e. The Morgan fingerprint density at radius 1 is 1.45 bits per heavy atom. The average molecular weight is 310 g/mol. The van der Waals surface area contributed by atoms with Gasteiger partial charge in [0.25, 0.3) is 11.6 Å². The molecule has 0 amide bonds. The van der Waals surface area contributed by atoms with Crippen molar-refractivity contribution < 1.29 is 27.2 Å². The van der Waals surface area contributed by atoms with Gasteiger partial charge in [0.05, 0.1) is 16.4 Å². The van der Waals surface area contributed by atoms with E-state index in [1.54, 1.807) is 0 Å². The number of alkyl halides is 2. The molecule has 0 saturated heterocycles. The van der Waals surface area contributed by atoms with Crippen molar-refractivity contribution >= 4 is 21.2 Å². The van der Waals surface area contributed by atoms with Crippen LogP contribution in [0.3, 0.4) is 0 Å². The van der Waals surface area contributed by atoms with Crippen LogP contribution in [-0.4, -0.2) is 43.8 Å². The standard InChI is InChI=1S/C10H12F2N2O5S/c1-20(18,19)7-2-3-8(9(4-7)14(16)17)13-5-10(11,12)6-15/h2-4,13,15H,5-6H2,1H3. The molecule has 0 heterocycles. The molecule has 1 aromatic rings. The number of benzene rings is 1. The molecule has 0 unspecified atom stereocenters. The Bertz CT molecular complexity index is 618. The highest BCUT2D eigenvalue weighted by Crippen LogP contribution is 2.28. The normalized spacial score (nSPS) is 12.2. The summed E-state index contributed by atoms with van der Waals surface area (Å²) in [6, 6.07) is 2.89. The first-order valence-corrected chi connectivity index (χ1v) is 7.17. The van der Waals surface area contributed by atoms with Crippen LogP contribution in [0.5, 0.6) is 0 Å². The van der Waals surface area contributed by atoms with Gasteiger partial charge in [0.15, 0.2) is 9.84 Å². The van der Waals surface area contributed by atoms with Gasteiger partial charge in [-0.3, -0.25) is 10.1 Å². The third-order valence-corrected chi connectivity index (χ3v) is 3.47. The van der Waals surface area contributed by atoms with Crippen molar-refractivity contribution in [2.45, 2.75) is 10.8 Å². The lowest BCUT2D eigenvalue weighted by Crippen LogP contribution is -2.31. The molecule has 0 aliphatic rings. The molecule has 0 atom stereocenters. The summed E-state index contributed by atoms with van der Waals surface area (Å²) in [5, 5.41) is 21.3. The summed E-state index contributed by atoms with van der Waals surface area (Å²) in [7, 11) is -3.64. The van der Waals surface area contributed by atoms with E-state index in [1.165, 1.54) is 0 Å². The van der Waals surface area contributed by atoms with Crippen molar-refractivity contribution in [3.05, 3.63) is 28.3 Å². The largest absolute Gasteiger partial charge is 0.390 e. The van der Waals surface area contributed by atoms with E-state index in [0.717, 1.165) is 24.5 Å². The molecule has 0 saturated carbocycles. The monoisotopic (exact) mass is 310 g/mol. The number of aliphatic hydroxyl groups excluding tert-OH is 1. The number of nitro benzene ring substituents is 1. The van der Waals surface area contributed by atoms with E-state index in [2.05, 4.69) is 5.32 Å². The van der Waals surface area contributed by atoms with Gasteiger partial charge in [-0.1, -0.05) is 0 Å². The van der Waals surface area contributed by atoms with Crippen LogP contribution in [0.25, 0.3) is 0 Å². The number of aliphatic hydroxyl groups is 1. The first-order chi connectivity index (χ1) is 9.07. The van der Waals surface area contributed by atoms with E-state index >= 15 is 0 Å². The number of anilines is 1. The Balaban J connectivity index is 3.12. The molecule has 1 rings (SSSR count). The minimum atomic E-state index is -3.64. The van der Waals surface area contributed by atoms with Crippen LogP contribution in [-0.2, 0) is 9.84 Å². The molecule has 0 aliphatic carbocycles. The smallest absolute Gasteiger partial charge is 0.293 e. The molecule has 0 radical (unpaired) electrons. The van der Waals surface area contributed by atoms with E-state index in [0.29, 0.717) is 0 Å². The van der Waals surface area contributed by atoms with E-state index in [1.807, 2.05) is 0 Å². The second kappa shape index (κ2) is 5.67. The predicted molar refractivity (Wildman–Crippen MR) is 66.7 cm³/mol. The fraction of sp³-hybridized carbons (Fsp3) is 0.400. The molecule has 0 fully saturated rings. The van der Waals surface area contributed by atoms with E-state index in [-0.39, 0.29) is 10.6 Å². The second-order valence-electron chi connectivity index (χ2n) is 4.08. The number of nitrogens with one attached hydrogen (secondary N) is 1. The Morgan fingerprint density at radius 3 is 2.50 bits per heavy atom. The summed E-state index contributed by atoms with van der Waals surface area (Å²) < 4.78 is 48.3. The van der Waals surface area contributed by atoms with Crippen LogP contribution in [0.4, 0.5) is 20.2 Å². The number of hydrogen-bond acceptors (Lipinski definition) is 6. The van der Waals surface area contributed by atoms with E-state index in [4.69, 9.17) is 5.11 Å². The van der Waals surface area contributed by atoms with Gasteiger partial charge >= 0.3 is 0 Å². The zero-order chi connectivity index (χ0) is 15.6. The fourth-order valence-electron chi connectivity index (χ4n) is 1.32. The SMILES string of the molecule is CS(=O)(=O)c1ccc(NCC(F)(F)CO)c([N+](=O)[O-])c1. The summed E-state index contributed by atoms with van der Waals surface area (Å²) >= 11 is 0. The van der Waals surface area contributed by atoms with Crippen molar-refractivity contribution in [2.75, 3.05) is 24.7 Å². The van der Waals surface area contributed by atoms with Crippen molar-refractivity contribution in [3.8, 4) is 0 Å². The topological polar surface area (TPSA) is 110 Å². The van der Waals surface area contributed by atoms with Gasteiger partial charge in [0.1, 0.15) is 12.3 Å². The number of halogens is 2. The van der Waals surface area contributed by atoms with Crippen molar-refractivity contribution in [1.82, 2.24) is 0 Å². The van der Waals surface area contributed by atoms with Crippen LogP contribution < -0.4 is 5.32 Å². The van der Waals surface area contributed by atoms with Crippen molar-refractivity contribution in [1.29, 1.82) is 0 Å². The number of hydrogen-bond donors (Lipinski definition) is 2. The molecule has 10 heteroatoms. The highest BCUT2D eigenvalue weighted by Gasteiger charge is 2.28. The van der Waals surface area contributed by atoms with Crippen molar-refractivity contribution in [2.24, 2.45) is 0 Å². The molecular weight excluding hydrogens is 298 g/mol. The fourth-order valence-corrected chi connectivity index (χ4v) is 1.96. The van der Waals surface area contributed by atoms with Gasteiger partial charge in [-0.15, -0.1) is 0 Å². The molecule has 0 spiro atoms. The molecule has 0 aromatic heterocycles. The number of sulfone groups is 1. The zero-order valence-electron chi connectivity index (χ0n) is 10.3. The maximum Gasteiger partial charge on any atom is 0.293 e. The lowest BCUT2D eigenvalue weighted by Gasteiger charge is -2.15. The molecule has 0 aliphatic heterocycles. The molecule has 2 N–H and O–H groups in total. The van der Waals surface area contributed by atoms with Gasteiger partial charge in [-0.2, -0.15) is 0 Å². The second-order valence-corrected chi connectivity index (χ2v) is 6.09. The Kier molecular flexibility index (Phi) is 4.61. The van der Waals surface area contributed by atoms with Crippen molar-refractivity contribution in [3.63, 3.8) is 0 Å².